The highest BCUT2D eigenvalue weighted by atomic mass is 16.3. The van der Waals surface area contributed by atoms with Crippen LogP contribution in [-0.2, 0) is 0 Å². The van der Waals surface area contributed by atoms with Gasteiger partial charge in [0.05, 0.1) is 5.29 Å². The molecule has 0 aliphatic heterocycles. The van der Waals surface area contributed by atoms with Crippen LogP contribution in [0, 0.1) is 4.91 Å². The molecule has 9 nitrogen and oxygen atoms in total. The van der Waals surface area contributed by atoms with Gasteiger partial charge >= 0.3 is 18.1 Å². The van der Waals surface area contributed by atoms with E-state index in [-0.39, 0.29) is 0 Å². The van der Waals surface area contributed by atoms with Crippen molar-refractivity contribution in [1.82, 2.24) is 21.0 Å². The normalized spacial score (nSPS) is 8.43. The van der Waals surface area contributed by atoms with Gasteiger partial charge in [-0.15, -0.1) is 4.91 Å². The average Bonchev–Trinajstić information content (AvgIpc) is 2.15. The zero-order valence-electron chi connectivity index (χ0n) is 7.53. The highest BCUT2D eigenvalue weighted by Gasteiger charge is 2.13. The molecule has 14 heavy (non-hydrogen) atoms. The second-order valence-corrected chi connectivity index (χ2v) is 2.07. The van der Waals surface area contributed by atoms with Crippen LogP contribution in [0.3, 0.4) is 0 Å². The average molecular weight is 203 g/mol. The quantitative estimate of drug-likeness (QED) is 0.387. The van der Waals surface area contributed by atoms with Crippen LogP contribution in [0.15, 0.2) is 5.29 Å². The largest absolute Gasteiger partial charge is 0.348 e. The van der Waals surface area contributed by atoms with Crippen molar-refractivity contribution in [2.45, 2.75) is 0 Å². The van der Waals surface area contributed by atoms with Crippen molar-refractivity contribution in [1.29, 1.82) is 0 Å². The van der Waals surface area contributed by atoms with E-state index in [9.17, 15) is 19.3 Å². The van der Waals surface area contributed by atoms with Gasteiger partial charge < -0.3 is 5.32 Å². The number of nitroso groups, excluding NO2 is 1. The Morgan fingerprint density at radius 3 is 2.14 bits per heavy atom. The molecule has 0 aromatic heterocycles. The number of rotatable bonds is 1. The van der Waals surface area contributed by atoms with E-state index >= 15 is 0 Å². The molecule has 0 radical (unpaired) electrons. The van der Waals surface area contributed by atoms with E-state index in [2.05, 4.69) is 10.6 Å². The van der Waals surface area contributed by atoms with Crippen molar-refractivity contribution < 1.29 is 14.4 Å². The van der Waals surface area contributed by atoms with Gasteiger partial charge in [-0.05, 0) is 0 Å². The summed E-state index contributed by atoms with van der Waals surface area (Å²) < 4.78 is 0. The molecule has 0 atom stereocenters. The predicted octanol–water partition coefficient (Wildman–Crippen LogP) is -0.642. The number of carbonyl (C=O) groups is 3. The molecule has 0 aliphatic carbocycles. The van der Waals surface area contributed by atoms with Crippen molar-refractivity contribution in [2.75, 3.05) is 14.1 Å². The summed E-state index contributed by atoms with van der Waals surface area (Å²) in [7, 11) is 2.35. The van der Waals surface area contributed by atoms with Crippen molar-refractivity contribution in [2.24, 2.45) is 5.29 Å². The molecule has 0 aromatic rings. The third-order valence-electron chi connectivity index (χ3n) is 1.09. The number of nitrogens with zero attached hydrogens (tertiary/aromatic N) is 2. The number of nitrogens with one attached hydrogen (secondary N) is 3. The first-order valence-corrected chi connectivity index (χ1v) is 3.42. The monoisotopic (exact) mass is 203 g/mol. The van der Waals surface area contributed by atoms with Crippen LogP contribution in [0.25, 0.3) is 0 Å². The van der Waals surface area contributed by atoms with Gasteiger partial charge in [-0.1, -0.05) is 0 Å². The smallest absolute Gasteiger partial charge is 0.341 e. The summed E-state index contributed by atoms with van der Waals surface area (Å²) in [4.78, 5) is 41.9. The fourth-order valence-corrected chi connectivity index (χ4v) is 0.412. The van der Waals surface area contributed by atoms with E-state index in [1.54, 1.807) is 10.6 Å². The van der Waals surface area contributed by atoms with Crippen molar-refractivity contribution in [3.63, 3.8) is 0 Å². The molecular formula is C5H9N5O4. The summed E-state index contributed by atoms with van der Waals surface area (Å²) in [5.41, 5.74) is 0. The van der Waals surface area contributed by atoms with E-state index in [4.69, 9.17) is 0 Å². The van der Waals surface area contributed by atoms with Gasteiger partial charge in [0.1, 0.15) is 0 Å². The molecule has 6 amide bonds. The standard InChI is InChI=1S/C5H9N5O4/c1-6-3(11)7-4(12)8-5(13)10(2)9-14/h1-2H3,(H3,6,7,8,11,12,13). The van der Waals surface area contributed by atoms with E-state index in [1.807, 2.05) is 0 Å². The van der Waals surface area contributed by atoms with Crippen LogP contribution < -0.4 is 16.0 Å². The summed E-state index contributed by atoms with van der Waals surface area (Å²) in [5.74, 6) is 0. The Morgan fingerprint density at radius 1 is 1.14 bits per heavy atom. The maximum Gasteiger partial charge on any atom is 0.348 e. The molecule has 0 fully saturated rings. The fraction of sp³-hybridized carbons (Fsp3) is 0.400. The van der Waals surface area contributed by atoms with Crippen LogP contribution in [-0.4, -0.2) is 37.2 Å². The van der Waals surface area contributed by atoms with E-state index in [1.165, 1.54) is 7.05 Å². The van der Waals surface area contributed by atoms with E-state index < -0.39 is 18.1 Å². The van der Waals surface area contributed by atoms with Gasteiger partial charge in [0.2, 0.25) is 0 Å². The van der Waals surface area contributed by atoms with Crippen LogP contribution >= 0.6 is 0 Å². The molecule has 3 N–H and O–H groups in total. The van der Waals surface area contributed by atoms with E-state index in [0.717, 1.165) is 7.05 Å². The first kappa shape index (κ1) is 11.8. The molecule has 0 rings (SSSR count). The molecular weight excluding hydrogens is 194 g/mol. The highest BCUT2D eigenvalue weighted by Crippen LogP contribution is 1.82. The Labute approximate surface area is 78.8 Å². The Hall–Kier alpha value is -2.19. The molecule has 0 spiro atoms. The molecule has 0 unspecified atom stereocenters. The summed E-state index contributed by atoms with van der Waals surface area (Å²) in [5, 5.41) is 8.11. The molecule has 0 aromatic carbocycles. The molecule has 0 saturated heterocycles. The lowest BCUT2D eigenvalue weighted by Crippen LogP contribution is -2.48. The van der Waals surface area contributed by atoms with Gasteiger partial charge in [-0.25, -0.2) is 14.4 Å². The van der Waals surface area contributed by atoms with Gasteiger partial charge in [-0.3, -0.25) is 10.6 Å². The zero-order valence-corrected chi connectivity index (χ0v) is 7.53. The molecule has 0 heterocycles. The molecule has 78 valence electrons. The van der Waals surface area contributed by atoms with Gasteiger partial charge in [0, 0.05) is 14.1 Å². The predicted molar refractivity (Wildman–Crippen MR) is 45.1 cm³/mol. The van der Waals surface area contributed by atoms with Crippen LogP contribution in [0.1, 0.15) is 0 Å². The third kappa shape index (κ3) is 3.99. The minimum atomic E-state index is -1.05. The van der Waals surface area contributed by atoms with Gasteiger partial charge in [-0.2, -0.15) is 5.01 Å². The molecule has 0 aliphatic rings. The van der Waals surface area contributed by atoms with Gasteiger partial charge in [0.15, 0.2) is 0 Å². The van der Waals surface area contributed by atoms with Crippen LogP contribution in [0.2, 0.25) is 0 Å². The van der Waals surface area contributed by atoms with Crippen molar-refractivity contribution in [3.05, 3.63) is 4.91 Å². The number of imide groups is 2. The Kier molecular flexibility index (Phi) is 4.60. The molecule has 0 saturated carbocycles. The second kappa shape index (κ2) is 5.45. The number of hydrogen-bond donors (Lipinski definition) is 3. The first-order valence-electron chi connectivity index (χ1n) is 3.42. The minimum Gasteiger partial charge on any atom is -0.341 e. The molecule has 0 bridgehead atoms. The van der Waals surface area contributed by atoms with Crippen LogP contribution in [0.5, 0.6) is 0 Å². The maximum atomic E-state index is 10.8. The number of amides is 6. The SMILES string of the molecule is CNC(=O)NC(=O)NC(=O)N(C)N=O. The number of urea groups is 3. The third-order valence-corrected chi connectivity index (χ3v) is 1.09. The Bertz CT molecular complexity index is 265. The number of hydrogen-bond acceptors (Lipinski definition) is 5. The van der Waals surface area contributed by atoms with Gasteiger partial charge in [0.25, 0.3) is 0 Å². The topological polar surface area (TPSA) is 120 Å². The summed E-state index contributed by atoms with van der Waals surface area (Å²) >= 11 is 0. The highest BCUT2D eigenvalue weighted by molar-refractivity contribution is 6.00. The van der Waals surface area contributed by atoms with Crippen molar-refractivity contribution >= 4 is 18.1 Å². The molecule has 9 heteroatoms. The Balaban J connectivity index is 4.00. The fourth-order valence-electron chi connectivity index (χ4n) is 0.412. The lowest BCUT2D eigenvalue weighted by atomic mass is 10.8. The maximum absolute atomic E-state index is 10.8. The van der Waals surface area contributed by atoms with Crippen molar-refractivity contribution in [3.8, 4) is 0 Å². The summed E-state index contributed by atoms with van der Waals surface area (Å²) in [6.45, 7) is 0. The zero-order chi connectivity index (χ0) is 11.1. The van der Waals surface area contributed by atoms with Crippen LogP contribution in [0.4, 0.5) is 14.4 Å². The lowest BCUT2D eigenvalue weighted by Gasteiger charge is -2.07. The minimum absolute atomic E-state index is 0.365. The number of carbonyl (C=O) groups excluding carboxylic acids is 3. The lowest BCUT2D eigenvalue weighted by molar-refractivity contribution is 0.204. The summed E-state index contributed by atoms with van der Waals surface area (Å²) in [6, 6.07) is -2.87. The Morgan fingerprint density at radius 2 is 1.71 bits per heavy atom. The summed E-state index contributed by atoms with van der Waals surface area (Å²) in [6.07, 6.45) is 0. The first-order chi connectivity index (χ1) is 6.51. The second-order valence-electron chi connectivity index (χ2n) is 2.07. The van der Waals surface area contributed by atoms with E-state index in [0.29, 0.717) is 5.01 Å².